The van der Waals surface area contributed by atoms with Crippen molar-refractivity contribution < 1.29 is 4.39 Å². The molecule has 7 nitrogen and oxygen atoms in total. The number of pyridine rings is 2. The van der Waals surface area contributed by atoms with Crippen LogP contribution in [0.1, 0.15) is 0 Å². The molecule has 2 aromatic carbocycles. The summed E-state index contributed by atoms with van der Waals surface area (Å²) >= 11 is 0. The van der Waals surface area contributed by atoms with Crippen molar-refractivity contribution in [3.8, 4) is 33.9 Å². The number of imidazole rings is 1. The maximum atomic E-state index is 13.8. The lowest BCUT2D eigenvalue weighted by Crippen LogP contribution is -2.08. The van der Waals surface area contributed by atoms with Crippen molar-refractivity contribution in [3.05, 3.63) is 79.0 Å². The molecule has 2 N–H and O–H groups in total. The van der Waals surface area contributed by atoms with Crippen LogP contribution in [0, 0.1) is 5.82 Å². The molecule has 0 fully saturated rings. The van der Waals surface area contributed by atoms with Gasteiger partial charge in [-0.15, -0.1) is 0 Å². The van der Waals surface area contributed by atoms with E-state index >= 15 is 0 Å². The maximum Gasteiger partial charge on any atom is 0.159 e. The van der Waals surface area contributed by atoms with Crippen LogP contribution in [0.5, 0.6) is 0 Å². The van der Waals surface area contributed by atoms with Crippen molar-refractivity contribution >= 4 is 27.6 Å². The van der Waals surface area contributed by atoms with Gasteiger partial charge in [-0.2, -0.15) is 5.10 Å². The van der Waals surface area contributed by atoms with Crippen molar-refractivity contribution in [1.82, 2.24) is 30.1 Å². The quantitative estimate of drug-likeness (QED) is 0.375. The molecule has 8 heteroatoms. The second-order valence-electron chi connectivity index (χ2n) is 8.31. The Bertz CT molecular complexity index is 1670. The molecule has 0 aliphatic rings. The van der Waals surface area contributed by atoms with Crippen LogP contribution in [-0.4, -0.2) is 44.2 Å². The van der Waals surface area contributed by atoms with Crippen LogP contribution in [0.2, 0.25) is 0 Å². The summed E-state index contributed by atoms with van der Waals surface area (Å²) in [5.74, 6) is 0.301. The fourth-order valence-corrected chi connectivity index (χ4v) is 4.10. The van der Waals surface area contributed by atoms with Gasteiger partial charge in [0.25, 0.3) is 0 Å². The Hall–Kier alpha value is -4.59. The third-order valence-electron chi connectivity index (χ3n) is 5.86. The summed E-state index contributed by atoms with van der Waals surface area (Å²) in [4.78, 5) is 19.0. The van der Waals surface area contributed by atoms with Crippen molar-refractivity contribution in [2.45, 2.75) is 0 Å². The third kappa shape index (κ3) is 3.36. The van der Waals surface area contributed by atoms with Crippen molar-refractivity contribution in [3.63, 3.8) is 0 Å². The summed E-state index contributed by atoms with van der Waals surface area (Å²) in [5.41, 5.74) is 7.44. The van der Waals surface area contributed by atoms with Gasteiger partial charge in [0.1, 0.15) is 17.0 Å². The van der Waals surface area contributed by atoms with E-state index in [1.165, 1.54) is 12.1 Å². The highest BCUT2D eigenvalue weighted by molar-refractivity contribution is 5.97. The Morgan fingerprint density at radius 2 is 1.76 bits per heavy atom. The van der Waals surface area contributed by atoms with Crippen molar-refractivity contribution in [1.29, 1.82) is 0 Å². The van der Waals surface area contributed by atoms with Crippen LogP contribution in [0.15, 0.2) is 73.2 Å². The van der Waals surface area contributed by atoms with Crippen LogP contribution in [0.3, 0.4) is 0 Å². The lowest BCUT2D eigenvalue weighted by molar-refractivity contribution is 0.628. The van der Waals surface area contributed by atoms with Crippen LogP contribution in [0.25, 0.3) is 55.8 Å². The minimum atomic E-state index is -0.314. The number of aromatic amines is 2. The van der Waals surface area contributed by atoms with Crippen LogP contribution in [0.4, 0.5) is 10.1 Å². The molecule has 0 radical (unpaired) electrons. The molecule has 0 atom stereocenters. The predicted octanol–water partition coefficient (Wildman–Crippen LogP) is 5.44. The van der Waals surface area contributed by atoms with Gasteiger partial charge in [-0.1, -0.05) is 18.2 Å². The molecule has 0 unspecified atom stereocenters. The molecule has 0 saturated carbocycles. The molecule has 0 aliphatic heterocycles. The standard InChI is InChI=1S/C26H20FN7/c1-34(2)19-11-17(13-28-14-19)15-6-7-21-20(12-15)24(33-32-21)26-30-22-8-9-29-23(25(22)31-26)16-4-3-5-18(27)10-16/h3-14H,1-2H3,(H,30,31)(H,32,33). The summed E-state index contributed by atoms with van der Waals surface area (Å²) in [7, 11) is 3.99. The van der Waals surface area contributed by atoms with E-state index in [4.69, 9.17) is 4.98 Å². The number of nitrogens with one attached hydrogen (secondary N) is 2. The van der Waals surface area contributed by atoms with Gasteiger partial charge in [0.2, 0.25) is 0 Å². The lowest BCUT2D eigenvalue weighted by atomic mass is 10.0. The number of fused-ring (bicyclic) bond motifs is 2. The Morgan fingerprint density at radius 1 is 0.853 bits per heavy atom. The topological polar surface area (TPSA) is 86.4 Å². The normalized spacial score (nSPS) is 11.4. The molecule has 166 valence electrons. The minimum absolute atomic E-state index is 0.314. The number of hydrogen-bond acceptors (Lipinski definition) is 5. The summed E-state index contributed by atoms with van der Waals surface area (Å²) in [5, 5.41) is 8.57. The van der Waals surface area contributed by atoms with E-state index in [0.29, 0.717) is 28.3 Å². The fraction of sp³-hybridized carbons (Fsp3) is 0.0769. The van der Waals surface area contributed by atoms with Gasteiger partial charge in [-0.3, -0.25) is 15.1 Å². The average Bonchev–Trinajstić information content (AvgIpc) is 3.47. The first-order valence-electron chi connectivity index (χ1n) is 10.8. The van der Waals surface area contributed by atoms with Gasteiger partial charge in [0, 0.05) is 43.0 Å². The Kier molecular flexibility index (Phi) is 4.58. The van der Waals surface area contributed by atoms with E-state index in [9.17, 15) is 4.39 Å². The first-order chi connectivity index (χ1) is 16.6. The van der Waals surface area contributed by atoms with Gasteiger partial charge in [0.15, 0.2) is 5.82 Å². The highest BCUT2D eigenvalue weighted by Gasteiger charge is 2.17. The second kappa shape index (κ2) is 7.77. The molecule has 0 amide bonds. The van der Waals surface area contributed by atoms with Crippen molar-refractivity contribution in [2.75, 3.05) is 19.0 Å². The van der Waals surface area contributed by atoms with E-state index in [1.54, 1.807) is 12.3 Å². The molecule has 6 aromatic rings. The number of H-pyrrole nitrogens is 2. The number of hydrogen-bond donors (Lipinski definition) is 2. The molecular formula is C26H20FN7. The SMILES string of the molecule is CN(C)c1cncc(-c2ccc3[nH]nc(-c4nc5c(-c6cccc(F)c6)nccc5[nH]4)c3c2)c1. The number of nitrogens with zero attached hydrogens (tertiary/aromatic N) is 5. The second-order valence-corrected chi connectivity index (χ2v) is 8.31. The van der Waals surface area contributed by atoms with Gasteiger partial charge < -0.3 is 9.88 Å². The predicted molar refractivity (Wildman–Crippen MR) is 132 cm³/mol. The summed E-state index contributed by atoms with van der Waals surface area (Å²) in [6, 6.07) is 16.5. The summed E-state index contributed by atoms with van der Waals surface area (Å²) < 4.78 is 13.8. The van der Waals surface area contributed by atoms with E-state index < -0.39 is 0 Å². The van der Waals surface area contributed by atoms with Gasteiger partial charge in [0.05, 0.1) is 28.6 Å². The Balaban J connectivity index is 1.48. The molecule has 0 saturated heterocycles. The Morgan fingerprint density at radius 3 is 2.62 bits per heavy atom. The van der Waals surface area contributed by atoms with E-state index in [1.807, 2.05) is 55.7 Å². The van der Waals surface area contributed by atoms with Gasteiger partial charge in [-0.25, -0.2) is 9.37 Å². The number of rotatable bonds is 4. The summed E-state index contributed by atoms with van der Waals surface area (Å²) in [6.45, 7) is 0. The lowest BCUT2D eigenvalue weighted by Gasteiger charge is -2.13. The molecule has 0 aliphatic carbocycles. The average molecular weight is 449 g/mol. The monoisotopic (exact) mass is 449 g/mol. The largest absolute Gasteiger partial charge is 0.376 e. The van der Waals surface area contributed by atoms with Crippen LogP contribution < -0.4 is 4.90 Å². The molecule has 6 rings (SSSR count). The highest BCUT2D eigenvalue weighted by atomic mass is 19.1. The van der Waals surface area contributed by atoms with Gasteiger partial charge in [-0.05, 0) is 42.0 Å². The zero-order valence-corrected chi connectivity index (χ0v) is 18.5. The first kappa shape index (κ1) is 20.0. The van der Waals surface area contributed by atoms with E-state index in [2.05, 4.69) is 37.3 Å². The van der Waals surface area contributed by atoms with Crippen LogP contribution >= 0.6 is 0 Å². The zero-order valence-electron chi connectivity index (χ0n) is 18.5. The summed E-state index contributed by atoms with van der Waals surface area (Å²) in [6.07, 6.45) is 5.38. The molecule has 34 heavy (non-hydrogen) atoms. The third-order valence-corrected chi connectivity index (χ3v) is 5.86. The number of aromatic nitrogens is 6. The van der Waals surface area contributed by atoms with E-state index in [0.717, 1.165) is 33.2 Å². The fourth-order valence-electron chi connectivity index (χ4n) is 4.10. The highest BCUT2D eigenvalue weighted by Crippen LogP contribution is 2.33. The molecule has 4 aromatic heterocycles. The van der Waals surface area contributed by atoms with E-state index in [-0.39, 0.29) is 5.82 Å². The first-order valence-corrected chi connectivity index (χ1v) is 10.8. The maximum absolute atomic E-state index is 13.8. The number of halogens is 1. The Labute approximate surface area is 194 Å². The van der Waals surface area contributed by atoms with Crippen LogP contribution in [-0.2, 0) is 0 Å². The smallest absolute Gasteiger partial charge is 0.159 e. The zero-order chi connectivity index (χ0) is 23.2. The molecule has 0 spiro atoms. The molecule has 4 heterocycles. The molecule has 0 bridgehead atoms. The number of anilines is 1. The van der Waals surface area contributed by atoms with Gasteiger partial charge >= 0.3 is 0 Å². The number of benzene rings is 2. The van der Waals surface area contributed by atoms with Crippen molar-refractivity contribution in [2.24, 2.45) is 0 Å². The minimum Gasteiger partial charge on any atom is -0.376 e. The molecular weight excluding hydrogens is 429 g/mol.